The molecule has 21 heavy (non-hydrogen) atoms. The number of benzene rings is 1. The quantitative estimate of drug-likeness (QED) is 0.716. The van der Waals surface area contributed by atoms with Crippen LogP contribution in [0.1, 0.15) is 43.1 Å². The van der Waals surface area contributed by atoms with Crippen molar-refractivity contribution in [2.45, 2.75) is 39.2 Å². The number of hydrogen-bond donors (Lipinski definition) is 3. The van der Waals surface area contributed by atoms with E-state index in [9.17, 15) is 14.7 Å². The van der Waals surface area contributed by atoms with E-state index in [-0.39, 0.29) is 30.4 Å². The summed E-state index contributed by atoms with van der Waals surface area (Å²) in [6.07, 6.45) is 0.552. The molecule has 0 aromatic heterocycles. The smallest absolute Gasteiger partial charge is 0.335 e. The van der Waals surface area contributed by atoms with Gasteiger partial charge in [-0.3, -0.25) is 4.79 Å². The lowest BCUT2D eigenvalue weighted by Crippen LogP contribution is -2.44. The first kappa shape index (κ1) is 17.2. The van der Waals surface area contributed by atoms with Crippen LogP contribution in [0.15, 0.2) is 24.3 Å². The zero-order valence-electron chi connectivity index (χ0n) is 12.7. The molecule has 1 aromatic rings. The number of rotatable bonds is 7. The molecule has 1 amide bonds. The molecule has 1 rings (SSSR count). The molecule has 1 atom stereocenters. The van der Waals surface area contributed by atoms with Crippen LogP contribution in [-0.4, -0.2) is 34.2 Å². The summed E-state index contributed by atoms with van der Waals surface area (Å²) in [7, 11) is 0. The second-order valence-electron chi connectivity index (χ2n) is 5.75. The van der Waals surface area contributed by atoms with E-state index in [1.165, 1.54) is 6.07 Å². The van der Waals surface area contributed by atoms with Crippen molar-refractivity contribution in [3.63, 3.8) is 0 Å². The first-order chi connectivity index (χ1) is 9.74. The van der Waals surface area contributed by atoms with E-state index in [4.69, 9.17) is 5.11 Å². The lowest BCUT2D eigenvalue weighted by Gasteiger charge is -2.27. The van der Waals surface area contributed by atoms with Crippen molar-refractivity contribution in [3.05, 3.63) is 35.4 Å². The van der Waals surface area contributed by atoms with Gasteiger partial charge < -0.3 is 15.5 Å². The fourth-order valence-corrected chi connectivity index (χ4v) is 1.77. The van der Waals surface area contributed by atoms with Crippen LogP contribution in [0, 0.1) is 5.92 Å². The maximum absolute atomic E-state index is 11.8. The third-order valence-electron chi connectivity index (χ3n) is 3.76. The van der Waals surface area contributed by atoms with Gasteiger partial charge in [-0.1, -0.05) is 32.0 Å². The molecule has 0 aliphatic carbocycles. The number of aryl methyl sites for hydroxylation is 1. The third kappa shape index (κ3) is 5.19. The van der Waals surface area contributed by atoms with E-state index < -0.39 is 11.6 Å². The van der Waals surface area contributed by atoms with Crippen molar-refractivity contribution in [3.8, 4) is 0 Å². The average Bonchev–Trinajstić information content (AvgIpc) is 2.43. The monoisotopic (exact) mass is 293 g/mol. The Bertz CT molecular complexity index is 509. The summed E-state index contributed by atoms with van der Waals surface area (Å²) in [4.78, 5) is 22.9. The number of aliphatic hydroxyl groups is 1. The fourth-order valence-electron chi connectivity index (χ4n) is 1.77. The number of carboxylic acid groups (broad SMARTS) is 1. The minimum atomic E-state index is -0.992. The molecule has 0 heterocycles. The summed E-state index contributed by atoms with van der Waals surface area (Å²) in [5.41, 5.74) is -0.0931. The number of nitrogens with one attached hydrogen (secondary N) is 1. The molecular weight excluding hydrogens is 270 g/mol. The van der Waals surface area contributed by atoms with Gasteiger partial charge >= 0.3 is 5.97 Å². The molecule has 0 aliphatic heterocycles. The van der Waals surface area contributed by atoms with Gasteiger partial charge in [0.2, 0.25) is 5.91 Å². The molecule has 0 fully saturated rings. The SMILES string of the molecule is CC(C)C(C)(O)CNC(=O)CCc1ccccc1C(=O)O. The van der Waals surface area contributed by atoms with Gasteiger partial charge in [0.1, 0.15) is 0 Å². The van der Waals surface area contributed by atoms with E-state index >= 15 is 0 Å². The highest BCUT2D eigenvalue weighted by Gasteiger charge is 2.25. The Morgan fingerprint density at radius 2 is 1.90 bits per heavy atom. The molecule has 5 nitrogen and oxygen atoms in total. The predicted octanol–water partition coefficient (Wildman–Crippen LogP) is 1.84. The summed E-state index contributed by atoms with van der Waals surface area (Å²) in [6.45, 7) is 5.63. The van der Waals surface area contributed by atoms with Crippen molar-refractivity contribution < 1.29 is 19.8 Å². The van der Waals surface area contributed by atoms with E-state index in [1.54, 1.807) is 25.1 Å². The first-order valence-corrected chi connectivity index (χ1v) is 7.04. The second-order valence-corrected chi connectivity index (χ2v) is 5.75. The Morgan fingerprint density at radius 3 is 2.48 bits per heavy atom. The van der Waals surface area contributed by atoms with Gasteiger partial charge in [0.15, 0.2) is 0 Å². The van der Waals surface area contributed by atoms with E-state index in [2.05, 4.69) is 5.32 Å². The number of hydrogen-bond acceptors (Lipinski definition) is 3. The minimum absolute atomic E-state index is 0.0329. The third-order valence-corrected chi connectivity index (χ3v) is 3.76. The molecule has 1 aromatic carbocycles. The second kappa shape index (κ2) is 7.22. The topological polar surface area (TPSA) is 86.6 Å². The van der Waals surface area contributed by atoms with Gasteiger partial charge in [-0.25, -0.2) is 4.79 Å². The Hall–Kier alpha value is -1.88. The molecule has 5 heteroatoms. The number of carbonyl (C=O) groups is 2. The number of amides is 1. The number of carbonyl (C=O) groups excluding carboxylic acids is 1. The van der Waals surface area contributed by atoms with Gasteiger partial charge in [0.25, 0.3) is 0 Å². The maximum atomic E-state index is 11.8. The van der Waals surface area contributed by atoms with Gasteiger partial charge in [0.05, 0.1) is 11.2 Å². The molecule has 0 spiro atoms. The maximum Gasteiger partial charge on any atom is 0.335 e. The van der Waals surface area contributed by atoms with Crippen LogP contribution in [0.25, 0.3) is 0 Å². The van der Waals surface area contributed by atoms with Crippen LogP contribution in [-0.2, 0) is 11.2 Å². The summed E-state index contributed by atoms with van der Waals surface area (Å²) in [6, 6.07) is 6.65. The average molecular weight is 293 g/mol. The summed E-state index contributed by atoms with van der Waals surface area (Å²) in [5.74, 6) is -1.16. The zero-order valence-corrected chi connectivity index (χ0v) is 12.7. The standard InChI is InChI=1S/C16H23NO4/c1-11(2)16(3,21)10-17-14(18)9-8-12-6-4-5-7-13(12)15(19)20/h4-7,11,21H,8-10H2,1-3H3,(H,17,18)(H,19,20). The van der Waals surface area contributed by atoms with Crippen molar-refractivity contribution in [1.82, 2.24) is 5.32 Å². The highest BCUT2D eigenvalue weighted by atomic mass is 16.4. The lowest BCUT2D eigenvalue weighted by molar-refractivity contribution is -0.122. The van der Waals surface area contributed by atoms with Crippen LogP contribution in [0.2, 0.25) is 0 Å². The highest BCUT2D eigenvalue weighted by Crippen LogP contribution is 2.15. The first-order valence-electron chi connectivity index (χ1n) is 7.04. The van der Waals surface area contributed by atoms with E-state index in [0.29, 0.717) is 12.0 Å². The van der Waals surface area contributed by atoms with E-state index in [1.807, 2.05) is 13.8 Å². The normalized spacial score (nSPS) is 13.8. The molecule has 0 bridgehead atoms. The van der Waals surface area contributed by atoms with Crippen molar-refractivity contribution in [1.29, 1.82) is 0 Å². The van der Waals surface area contributed by atoms with Gasteiger partial charge in [0, 0.05) is 13.0 Å². The summed E-state index contributed by atoms with van der Waals surface area (Å²) >= 11 is 0. The number of carboxylic acids is 1. The van der Waals surface area contributed by atoms with Crippen LogP contribution in [0.4, 0.5) is 0 Å². The predicted molar refractivity (Wildman–Crippen MR) is 80.2 cm³/mol. The van der Waals surface area contributed by atoms with Crippen LogP contribution < -0.4 is 5.32 Å². The molecule has 1 unspecified atom stereocenters. The largest absolute Gasteiger partial charge is 0.478 e. The molecule has 0 aliphatic rings. The molecule has 0 saturated carbocycles. The molecule has 0 radical (unpaired) electrons. The Labute approximate surface area is 125 Å². The van der Waals surface area contributed by atoms with Gasteiger partial charge in [-0.2, -0.15) is 0 Å². The number of aromatic carboxylic acids is 1. The van der Waals surface area contributed by atoms with Crippen LogP contribution in [0.5, 0.6) is 0 Å². The Morgan fingerprint density at radius 1 is 1.29 bits per heavy atom. The molecule has 3 N–H and O–H groups in total. The fraction of sp³-hybridized carbons (Fsp3) is 0.500. The summed E-state index contributed by atoms with van der Waals surface area (Å²) in [5, 5.41) is 21.8. The minimum Gasteiger partial charge on any atom is -0.478 e. The molecular formula is C16H23NO4. The van der Waals surface area contributed by atoms with Crippen molar-refractivity contribution >= 4 is 11.9 Å². The summed E-state index contributed by atoms with van der Waals surface area (Å²) < 4.78 is 0. The molecule has 0 saturated heterocycles. The van der Waals surface area contributed by atoms with Crippen LogP contribution >= 0.6 is 0 Å². The van der Waals surface area contributed by atoms with E-state index in [0.717, 1.165) is 0 Å². The zero-order chi connectivity index (χ0) is 16.0. The lowest BCUT2D eigenvalue weighted by atomic mass is 9.92. The van der Waals surface area contributed by atoms with Crippen LogP contribution in [0.3, 0.4) is 0 Å². The van der Waals surface area contributed by atoms with Crippen molar-refractivity contribution in [2.24, 2.45) is 5.92 Å². The Balaban J connectivity index is 2.53. The Kier molecular flexibility index (Phi) is 5.90. The highest BCUT2D eigenvalue weighted by molar-refractivity contribution is 5.89. The van der Waals surface area contributed by atoms with Gasteiger partial charge in [-0.05, 0) is 30.9 Å². The van der Waals surface area contributed by atoms with Crippen molar-refractivity contribution in [2.75, 3.05) is 6.54 Å². The molecule has 116 valence electrons. The van der Waals surface area contributed by atoms with Gasteiger partial charge in [-0.15, -0.1) is 0 Å².